The maximum atomic E-state index is 12.1. The minimum Gasteiger partial charge on any atom is -0.481 e. The number of benzene rings is 1. The number of aryl methyl sites for hydroxylation is 1. The number of carboxylic acid groups (broad SMARTS) is 1. The smallest absolute Gasteiger partial charge is 0.321 e. The molecule has 5 nitrogen and oxygen atoms in total. The largest absolute Gasteiger partial charge is 0.481 e. The Balaban J connectivity index is 2.03. The van der Waals surface area contributed by atoms with Gasteiger partial charge in [0.2, 0.25) is 0 Å². The van der Waals surface area contributed by atoms with Crippen LogP contribution in [0.1, 0.15) is 12.0 Å². The average molecular weight is 294 g/mol. The van der Waals surface area contributed by atoms with Crippen molar-refractivity contribution >= 4 is 29.4 Å². The van der Waals surface area contributed by atoms with Crippen LogP contribution in [0.2, 0.25) is 0 Å². The Kier molecular flexibility index (Phi) is 4.54. The highest BCUT2D eigenvalue weighted by Gasteiger charge is 2.30. The predicted molar refractivity (Wildman–Crippen MR) is 79.3 cm³/mol. The zero-order valence-corrected chi connectivity index (χ0v) is 12.4. The number of nitrogens with one attached hydrogen (secondary N) is 1. The van der Waals surface area contributed by atoms with E-state index in [4.69, 9.17) is 5.11 Å². The van der Waals surface area contributed by atoms with Crippen LogP contribution in [0.25, 0.3) is 0 Å². The lowest BCUT2D eigenvalue weighted by Gasteiger charge is -2.18. The number of aliphatic carboxylic acids is 1. The number of anilines is 1. The standard InChI is InChI=1S/C14H18N2O3S/c1-9-3-4-11(20-2)7-12(9)15-14(19)16-6-5-10(8-16)13(17)18/h3-4,7,10H,5-6,8H2,1-2H3,(H,15,19)(H,17,18). The van der Waals surface area contributed by atoms with E-state index in [2.05, 4.69) is 5.32 Å². The first-order valence-electron chi connectivity index (χ1n) is 6.44. The fourth-order valence-electron chi connectivity index (χ4n) is 2.20. The summed E-state index contributed by atoms with van der Waals surface area (Å²) in [6.45, 7) is 2.70. The monoisotopic (exact) mass is 294 g/mol. The lowest BCUT2D eigenvalue weighted by molar-refractivity contribution is -0.141. The van der Waals surface area contributed by atoms with Crippen LogP contribution in [-0.2, 0) is 4.79 Å². The van der Waals surface area contributed by atoms with Gasteiger partial charge in [-0.25, -0.2) is 4.79 Å². The van der Waals surface area contributed by atoms with Gasteiger partial charge in [-0.15, -0.1) is 11.8 Å². The summed E-state index contributed by atoms with van der Waals surface area (Å²) in [6, 6.07) is 5.68. The molecule has 6 heteroatoms. The fourth-order valence-corrected chi connectivity index (χ4v) is 2.64. The Bertz CT molecular complexity index is 533. The molecule has 20 heavy (non-hydrogen) atoms. The topological polar surface area (TPSA) is 69.6 Å². The Labute approximate surface area is 122 Å². The lowest BCUT2D eigenvalue weighted by atomic mass is 10.1. The maximum Gasteiger partial charge on any atom is 0.321 e. The van der Waals surface area contributed by atoms with E-state index >= 15 is 0 Å². The first kappa shape index (κ1) is 14.7. The van der Waals surface area contributed by atoms with Crippen LogP contribution in [0.3, 0.4) is 0 Å². The second kappa shape index (κ2) is 6.17. The summed E-state index contributed by atoms with van der Waals surface area (Å²) >= 11 is 1.61. The molecule has 1 aliphatic heterocycles. The second-order valence-electron chi connectivity index (χ2n) is 4.88. The SMILES string of the molecule is CSc1ccc(C)c(NC(=O)N2CCC(C(=O)O)C2)c1. The van der Waals surface area contributed by atoms with E-state index in [1.165, 1.54) is 0 Å². The number of rotatable bonds is 3. The molecule has 0 spiro atoms. The summed E-state index contributed by atoms with van der Waals surface area (Å²) in [5.74, 6) is -1.28. The molecule has 2 amide bonds. The average Bonchev–Trinajstić information content (AvgIpc) is 2.91. The minimum atomic E-state index is -0.833. The number of hydrogen-bond donors (Lipinski definition) is 2. The van der Waals surface area contributed by atoms with Gasteiger partial charge in [0.15, 0.2) is 0 Å². The lowest BCUT2D eigenvalue weighted by Crippen LogP contribution is -2.34. The molecular weight excluding hydrogens is 276 g/mol. The molecular formula is C14H18N2O3S. The summed E-state index contributed by atoms with van der Waals surface area (Å²) in [7, 11) is 0. The van der Waals surface area contributed by atoms with Gasteiger partial charge in [0.25, 0.3) is 0 Å². The molecule has 1 fully saturated rings. The van der Waals surface area contributed by atoms with E-state index < -0.39 is 11.9 Å². The van der Waals surface area contributed by atoms with Gasteiger partial charge in [-0.1, -0.05) is 6.07 Å². The number of urea groups is 1. The van der Waals surface area contributed by atoms with E-state index in [1.807, 2.05) is 31.4 Å². The number of carbonyl (C=O) groups excluding carboxylic acids is 1. The molecule has 2 rings (SSSR count). The van der Waals surface area contributed by atoms with Crippen molar-refractivity contribution in [3.63, 3.8) is 0 Å². The first-order chi connectivity index (χ1) is 9.51. The second-order valence-corrected chi connectivity index (χ2v) is 5.76. The van der Waals surface area contributed by atoms with Crippen LogP contribution in [0.5, 0.6) is 0 Å². The van der Waals surface area contributed by atoms with Gasteiger partial charge in [0.1, 0.15) is 0 Å². The maximum absolute atomic E-state index is 12.1. The van der Waals surface area contributed by atoms with Crippen LogP contribution in [0.4, 0.5) is 10.5 Å². The van der Waals surface area contributed by atoms with Crippen molar-refractivity contribution in [1.82, 2.24) is 4.90 Å². The Morgan fingerprint density at radius 2 is 2.20 bits per heavy atom. The summed E-state index contributed by atoms with van der Waals surface area (Å²) < 4.78 is 0. The van der Waals surface area contributed by atoms with Crippen molar-refractivity contribution in [1.29, 1.82) is 0 Å². The van der Waals surface area contributed by atoms with Crippen LogP contribution < -0.4 is 5.32 Å². The first-order valence-corrected chi connectivity index (χ1v) is 7.67. The predicted octanol–water partition coefficient (Wildman–Crippen LogP) is 2.66. The van der Waals surface area contributed by atoms with E-state index in [0.717, 1.165) is 16.1 Å². The van der Waals surface area contributed by atoms with E-state index in [-0.39, 0.29) is 12.6 Å². The summed E-state index contributed by atoms with van der Waals surface area (Å²) in [5.41, 5.74) is 1.77. The van der Waals surface area contributed by atoms with E-state index in [1.54, 1.807) is 16.7 Å². The van der Waals surface area contributed by atoms with Gasteiger partial charge < -0.3 is 15.3 Å². The molecule has 0 bridgehead atoms. The number of carboxylic acids is 1. The van der Waals surface area contributed by atoms with Crippen LogP contribution >= 0.6 is 11.8 Å². The number of likely N-dealkylation sites (tertiary alicyclic amines) is 1. The van der Waals surface area contributed by atoms with Crippen molar-refractivity contribution < 1.29 is 14.7 Å². The zero-order valence-electron chi connectivity index (χ0n) is 11.5. The van der Waals surface area contributed by atoms with Crippen molar-refractivity contribution in [2.45, 2.75) is 18.2 Å². The molecule has 0 aromatic heterocycles. The van der Waals surface area contributed by atoms with E-state index in [0.29, 0.717) is 13.0 Å². The van der Waals surface area contributed by atoms with Crippen molar-refractivity contribution in [2.75, 3.05) is 24.7 Å². The molecule has 1 aromatic rings. The highest BCUT2D eigenvalue weighted by atomic mass is 32.2. The minimum absolute atomic E-state index is 0.227. The third-order valence-electron chi connectivity index (χ3n) is 3.51. The molecule has 0 aliphatic carbocycles. The number of amides is 2. The van der Waals surface area contributed by atoms with Crippen molar-refractivity contribution in [3.8, 4) is 0 Å². The van der Waals surface area contributed by atoms with Crippen LogP contribution in [0.15, 0.2) is 23.1 Å². The Morgan fingerprint density at radius 1 is 1.45 bits per heavy atom. The third-order valence-corrected chi connectivity index (χ3v) is 4.24. The Morgan fingerprint density at radius 3 is 2.80 bits per heavy atom. The number of carbonyl (C=O) groups is 2. The van der Waals surface area contributed by atoms with Crippen molar-refractivity contribution in [2.24, 2.45) is 5.92 Å². The molecule has 108 valence electrons. The molecule has 1 heterocycles. The summed E-state index contributed by atoms with van der Waals surface area (Å²) in [6.07, 6.45) is 2.50. The van der Waals surface area contributed by atoms with Crippen LogP contribution in [-0.4, -0.2) is 41.4 Å². The van der Waals surface area contributed by atoms with E-state index in [9.17, 15) is 9.59 Å². The molecule has 2 N–H and O–H groups in total. The molecule has 1 unspecified atom stereocenters. The normalized spacial score (nSPS) is 18.1. The molecule has 1 atom stereocenters. The number of thioether (sulfide) groups is 1. The quantitative estimate of drug-likeness (QED) is 0.841. The highest BCUT2D eigenvalue weighted by Crippen LogP contribution is 2.24. The Hall–Kier alpha value is -1.69. The summed E-state index contributed by atoms with van der Waals surface area (Å²) in [5, 5.41) is 11.8. The number of hydrogen-bond acceptors (Lipinski definition) is 3. The zero-order chi connectivity index (χ0) is 14.7. The van der Waals surface area contributed by atoms with Gasteiger partial charge in [0.05, 0.1) is 5.92 Å². The van der Waals surface area contributed by atoms with Gasteiger partial charge in [-0.3, -0.25) is 4.79 Å². The van der Waals surface area contributed by atoms with Gasteiger partial charge in [-0.2, -0.15) is 0 Å². The fraction of sp³-hybridized carbons (Fsp3) is 0.429. The number of nitrogens with zero attached hydrogens (tertiary/aromatic N) is 1. The van der Waals surface area contributed by atoms with Gasteiger partial charge in [0, 0.05) is 23.7 Å². The van der Waals surface area contributed by atoms with Crippen LogP contribution in [0, 0.1) is 12.8 Å². The van der Waals surface area contributed by atoms with Gasteiger partial charge in [-0.05, 0) is 37.3 Å². The van der Waals surface area contributed by atoms with Crippen molar-refractivity contribution in [3.05, 3.63) is 23.8 Å². The molecule has 1 aliphatic rings. The molecule has 0 saturated carbocycles. The molecule has 1 aromatic carbocycles. The highest BCUT2D eigenvalue weighted by molar-refractivity contribution is 7.98. The van der Waals surface area contributed by atoms with Gasteiger partial charge >= 0.3 is 12.0 Å². The molecule has 0 radical (unpaired) electrons. The third kappa shape index (κ3) is 3.25. The molecule has 1 saturated heterocycles. The summed E-state index contributed by atoms with van der Waals surface area (Å²) in [4.78, 5) is 25.7.